The summed E-state index contributed by atoms with van der Waals surface area (Å²) in [5.41, 5.74) is 19.0. The second kappa shape index (κ2) is 19.4. The van der Waals surface area contributed by atoms with Gasteiger partial charge in [0.1, 0.15) is 0 Å². The van der Waals surface area contributed by atoms with Crippen LogP contribution in [0.15, 0.2) is 244 Å². The molecule has 0 aliphatic rings. The topological polar surface area (TPSA) is 0 Å². The molecule has 10 aromatic rings. The molecule has 0 aliphatic carbocycles. The van der Waals surface area contributed by atoms with Crippen molar-refractivity contribution in [2.45, 2.75) is 27.7 Å². The van der Waals surface area contributed by atoms with Gasteiger partial charge in [0.25, 0.3) is 0 Å². The molecule has 0 amide bonds. The van der Waals surface area contributed by atoms with Gasteiger partial charge in [-0.25, -0.2) is 0 Å². The van der Waals surface area contributed by atoms with Gasteiger partial charge in [0.15, 0.2) is 0 Å². The first-order chi connectivity index (χ1) is 32.6. The molecule has 0 bridgehead atoms. The number of benzene rings is 10. The van der Waals surface area contributed by atoms with E-state index in [0.717, 1.165) is 11.1 Å². The van der Waals surface area contributed by atoms with Crippen LogP contribution in [0.5, 0.6) is 0 Å². The molecule has 0 atom stereocenters. The van der Waals surface area contributed by atoms with E-state index in [0.29, 0.717) is 0 Å². The molecule has 0 heteroatoms. The molecule has 66 heavy (non-hydrogen) atoms. The van der Waals surface area contributed by atoms with E-state index in [1.807, 2.05) is 32.1 Å². The summed E-state index contributed by atoms with van der Waals surface area (Å²) in [7, 11) is 0. The van der Waals surface area contributed by atoms with E-state index in [1.54, 1.807) is 0 Å². The van der Waals surface area contributed by atoms with E-state index in [9.17, 15) is 0 Å². The molecular weight excluding hydrogens is 793 g/mol. The molecule has 0 aliphatic heterocycles. The fourth-order valence-corrected chi connectivity index (χ4v) is 9.53. The molecule has 0 heterocycles. The van der Waals surface area contributed by atoms with Crippen molar-refractivity contribution in [2.75, 3.05) is 0 Å². The number of rotatable bonds is 11. The molecule has 0 radical (unpaired) electrons. The van der Waals surface area contributed by atoms with E-state index in [1.165, 1.54) is 110 Å². The van der Waals surface area contributed by atoms with Crippen LogP contribution in [0, 0.1) is 0 Å². The zero-order valence-corrected chi connectivity index (χ0v) is 38.4. The summed E-state index contributed by atoms with van der Waals surface area (Å²) in [4.78, 5) is 0. The van der Waals surface area contributed by atoms with E-state index < -0.39 is 0 Å². The lowest BCUT2D eigenvalue weighted by Gasteiger charge is -2.22. The normalized spacial score (nSPS) is 11.9. The SMILES string of the molecule is C=C/C=C(\C=C)c1ccc(-c2cc(-c3ccc(-c4ccccc4)cc3)c3ccc4c(-c5ccc(-c6ccccc6)cc5)cc(-c5ccc(C(/C=C\C)=C/C)cc5)c5ccc2c3c54)cc1.CC. The molecule has 0 N–H and O–H groups in total. The largest absolute Gasteiger partial charge is 0.0990 e. The van der Waals surface area contributed by atoms with Gasteiger partial charge in [-0.05, 0) is 147 Å². The first-order valence-corrected chi connectivity index (χ1v) is 23.1. The smallest absolute Gasteiger partial charge is 0.00139 e. The lowest BCUT2D eigenvalue weighted by molar-refractivity contribution is 1.50. The maximum Gasteiger partial charge on any atom is -0.00139 e. The van der Waals surface area contributed by atoms with Crippen LogP contribution in [0.1, 0.15) is 38.8 Å². The first-order valence-electron chi connectivity index (χ1n) is 23.1. The van der Waals surface area contributed by atoms with Crippen molar-refractivity contribution in [3.05, 3.63) is 255 Å². The van der Waals surface area contributed by atoms with Crippen molar-refractivity contribution in [3.63, 3.8) is 0 Å². The second-order valence-electron chi connectivity index (χ2n) is 16.4. The molecule has 0 fully saturated rings. The lowest BCUT2D eigenvalue weighted by Crippen LogP contribution is -1.95. The highest BCUT2D eigenvalue weighted by Gasteiger charge is 2.21. The zero-order chi connectivity index (χ0) is 45.6. The zero-order valence-electron chi connectivity index (χ0n) is 38.4. The van der Waals surface area contributed by atoms with Gasteiger partial charge in [-0.3, -0.25) is 0 Å². The van der Waals surface area contributed by atoms with Gasteiger partial charge in [-0.1, -0.05) is 245 Å². The van der Waals surface area contributed by atoms with E-state index in [-0.39, 0.29) is 0 Å². The van der Waals surface area contributed by atoms with Crippen LogP contribution in [0.3, 0.4) is 0 Å². The molecule has 0 unspecified atom stereocenters. The van der Waals surface area contributed by atoms with Gasteiger partial charge in [-0.2, -0.15) is 0 Å². The third kappa shape index (κ3) is 8.15. The summed E-state index contributed by atoms with van der Waals surface area (Å²) < 4.78 is 0. The molecule has 0 aromatic heterocycles. The fourth-order valence-electron chi connectivity index (χ4n) is 9.53. The van der Waals surface area contributed by atoms with Crippen molar-refractivity contribution in [1.82, 2.24) is 0 Å². The Bertz CT molecular complexity index is 3390. The Morgan fingerprint density at radius 1 is 0.364 bits per heavy atom. The molecule has 0 saturated heterocycles. The summed E-state index contributed by atoms with van der Waals surface area (Å²) >= 11 is 0. The molecule has 0 spiro atoms. The van der Waals surface area contributed by atoms with Gasteiger partial charge in [-0.15, -0.1) is 0 Å². The van der Waals surface area contributed by atoms with Crippen molar-refractivity contribution < 1.29 is 0 Å². The Morgan fingerprint density at radius 3 is 1.00 bits per heavy atom. The number of hydrogen-bond donors (Lipinski definition) is 0. The quantitative estimate of drug-likeness (QED) is 0.0899. The minimum Gasteiger partial charge on any atom is -0.0990 e. The predicted molar refractivity (Wildman–Crippen MR) is 291 cm³/mol. The van der Waals surface area contributed by atoms with Crippen LogP contribution >= 0.6 is 0 Å². The molecule has 10 rings (SSSR count). The highest BCUT2D eigenvalue weighted by molar-refractivity contribution is 6.32. The van der Waals surface area contributed by atoms with Gasteiger partial charge in [0, 0.05) is 0 Å². The predicted octanol–water partition coefficient (Wildman–Crippen LogP) is 19.3. The third-order valence-corrected chi connectivity index (χ3v) is 12.7. The number of hydrogen-bond acceptors (Lipinski definition) is 0. The Labute approximate surface area is 390 Å². The maximum absolute atomic E-state index is 4.07. The summed E-state index contributed by atoms with van der Waals surface area (Å²) in [5.74, 6) is 0. The fraction of sp³-hybridized carbons (Fsp3) is 0.0606. The van der Waals surface area contributed by atoms with Gasteiger partial charge in [0.05, 0.1) is 0 Å². The van der Waals surface area contributed by atoms with Gasteiger partial charge >= 0.3 is 0 Å². The number of allylic oxidation sites excluding steroid dienone is 8. The molecule has 318 valence electrons. The summed E-state index contributed by atoms with van der Waals surface area (Å²) in [5, 5.41) is 7.53. The van der Waals surface area contributed by atoms with Crippen LogP contribution in [-0.2, 0) is 0 Å². The minimum atomic E-state index is 1.05. The summed E-state index contributed by atoms with van der Waals surface area (Å²) in [6, 6.07) is 71.8. The molecule has 10 aromatic carbocycles. The molecule has 0 nitrogen and oxygen atoms in total. The average Bonchev–Trinajstić information content (AvgIpc) is 3.40. The minimum absolute atomic E-state index is 1.05. The van der Waals surface area contributed by atoms with Gasteiger partial charge in [0.2, 0.25) is 0 Å². The van der Waals surface area contributed by atoms with Crippen LogP contribution in [0.4, 0.5) is 0 Å². The standard InChI is InChI=1S/C64H48.C2H6/c1-5-15-43(7-3)47-21-29-51(30-22-47)59-41-61(53-33-25-49(26-34-53)45-17-11-9-12-18-45)57-39-40-58-62(54-35-27-50(28-36-54)46-19-13-10-14-20-46)42-60(56-38-37-55(59)63(57)64(56)58)52-31-23-48(24-32-52)44(8-4)16-6-2;1-2/h5-42H,1,3H2,2,4H3;1-2H3/b16-6-,43-15+,44-8+;. The average molecular weight is 847 g/mol. The second-order valence-corrected chi connectivity index (χ2v) is 16.4. The van der Waals surface area contributed by atoms with E-state index in [4.69, 9.17) is 0 Å². The van der Waals surface area contributed by atoms with E-state index in [2.05, 4.69) is 239 Å². The lowest BCUT2D eigenvalue weighted by atomic mass is 9.81. The monoisotopic (exact) mass is 846 g/mol. The van der Waals surface area contributed by atoms with Crippen molar-refractivity contribution in [2.24, 2.45) is 0 Å². The van der Waals surface area contributed by atoms with E-state index >= 15 is 0 Å². The Hall–Kier alpha value is -8.06. The third-order valence-electron chi connectivity index (χ3n) is 12.7. The highest BCUT2D eigenvalue weighted by Crippen LogP contribution is 2.49. The van der Waals surface area contributed by atoms with Gasteiger partial charge < -0.3 is 0 Å². The van der Waals surface area contributed by atoms with Crippen molar-refractivity contribution in [1.29, 1.82) is 0 Å². The van der Waals surface area contributed by atoms with Crippen LogP contribution < -0.4 is 0 Å². The highest BCUT2D eigenvalue weighted by atomic mass is 14.2. The Kier molecular flexibility index (Phi) is 12.7. The molecular formula is C66H54. The summed E-state index contributed by atoms with van der Waals surface area (Å²) in [6.07, 6.45) is 12.2. The van der Waals surface area contributed by atoms with Crippen molar-refractivity contribution in [3.8, 4) is 66.8 Å². The van der Waals surface area contributed by atoms with Crippen LogP contribution in [0.2, 0.25) is 0 Å². The van der Waals surface area contributed by atoms with Crippen LogP contribution in [0.25, 0.3) is 110 Å². The Balaban J connectivity index is 0.00000270. The Morgan fingerprint density at radius 2 is 0.682 bits per heavy atom. The summed E-state index contributed by atoms with van der Waals surface area (Å²) in [6.45, 7) is 16.2. The first kappa shape index (κ1) is 43.2. The van der Waals surface area contributed by atoms with Crippen molar-refractivity contribution >= 4 is 43.5 Å². The molecule has 0 saturated carbocycles. The van der Waals surface area contributed by atoms with Crippen LogP contribution in [-0.4, -0.2) is 0 Å². The maximum atomic E-state index is 4.07.